The largest absolute Gasteiger partial charge is 0.348 e. The molecule has 3 rings (SSSR count). The van der Waals surface area contributed by atoms with Crippen LogP contribution >= 0.6 is 0 Å². The molecule has 2 aromatic rings. The van der Waals surface area contributed by atoms with Crippen molar-refractivity contribution in [3.63, 3.8) is 0 Å². The van der Waals surface area contributed by atoms with Gasteiger partial charge in [0.15, 0.2) is 0 Å². The third kappa shape index (κ3) is 2.03. The van der Waals surface area contributed by atoms with Gasteiger partial charge in [-0.25, -0.2) is 0 Å². The van der Waals surface area contributed by atoms with E-state index < -0.39 is 0 Å². The van der Waals surface area contributed by atoms with Crippen LogP contribution in [0.25, 0.3) is 0 Å². The van der Waals surface area contributed by atoms with Crippen molar-refractivity contribution in [3.05, 3.63) is 52.3 Å². The van der Waals surface area contributed by atoms with Crippen LogP contribution in [-0.4, -0.2) is 10.5 Å². The van der Waals surface area contributed by atoms with Crippen LogP contribution in [0.3, 0.4) is 0 Å². The molecular weight excluding hydrogens is 248 g/mol. The van der Waals surface area contributed by atoms with Crippen molar-refractivity contribution < 1.29 is 4.79 Å². The Kier molecular flexibility index (Phi) is 3.13. The third-order valence-electron chi connectivity index (χ3n) is 4.18. The van der Waals surface area contributed by atoms with Crippen LogP contribution in [-0.2, 0) is 13.0 Å². The first-order valence-electron chi connectivity index (χ1n) is 7.14. The maximum atomic E-state index is 12.6. The number of fused-ring (bicyclic) bond motifs is 1. The number of aryl methyl sites for hydroxylation is 3. The fourth-order valence-corrected chi connectivity index (χ4v) is 3.10. The number of anilines is 1. The van der Waals surface area contributed by atoms with Crippen molar-refractivity contribution in [1.29, 1.82) is 0 Å². The second-order valence-corrected chi connectivity index (χ2v) is 5.62. The molecule has 3 nitrogen and oxygen atoms in total. The molecule has 0 radical (unpaired) electrons. The zero-order chi connectivity index (χ0) is 14.3. The maximum absolute atomic E-state index is 12.6. The van der Waals surface area contributed by atoms with E-state index in [1.165, 1.54) is 11.4 Å². The molecule has 0 bridgehead atoms. The van der Waals surface area contributed by atoms with Gasteiger partial charge in [0.05, 0.1) is 5.56 Å². The number of aromatic nitrogens is 1. The summed E-state index contributed by atoms with van der Waals surface area (Å²) in [7, 11) is 0. The smallest absolute Gasteiger partial charge is 0.257 e. The first-order valence-corrected chi connectivity index (χ1v) is 7.14. The lowest BCUT2D eigenvalue weighted by Gasteiger charge is -2.11. The summed E-state index contributed by atoms with van der Waals surface area (Å²) in [5.74, 6) is 0.0150. The number of para-hydroxylation sites is 1. The Balaban J connectivity index is 1.93. The van der Waals surface area contributed by atoms with Gasteiger partial charge < -0.3 is 9.88 Å². The van der Waals surface area contributed by atoms with Gasteiger partial charge in [0, 0.05) is 23.6 Å². The summed E-state index contributed by atoms with van der Waals surface area (Å²) in [5.41, 5.74) is 6.35. The van der Waals surface area contributed by atoms with E-state index in [-0.39, 0.29) is 5.91 Å². The van der Waals surface area contributed by atoms with Crippen LogP contribution in [0.2, 0.25) is 0 Å². The van der Waals surface area contributed by atoms with Crippen LogP contribution in [0.15, 0.2) is 24.3 Å². The quantitative estimate of drug-likeness (QED) is 0.887. The Morgan fingerprint density at radius 3 is 2.60 bits per heavy atom. The summed E-state index contributed by atoms with van der Waals surface area (Å²) >= 11 is 0. The Morgan fingerprint density at radius 1 is 1.20 bits per heavy atom. The lowest BCUT2D eigenvalue weighted by molar-refractivity contribution is 0.102. The van der Waals surface area contributed by atoms with Crippen molar-refractivity contribution in [2.45, 2.75) is 40.2 Å². The summed E-state index contributed by atoms with van der Waals surface area (Å²) in [4.78, 5) is 12.6. The van der Waals surface area contributed by atoms with Gasteiger partial charge in [-0.05, 0) is 50.8 Å². The first-order chi connectivity index (χ1) is 9.58. The highest BCUT2D eigenvalue weighted by molar-refractivity contribution is 6.06. The molecule has 0 atom stereocenters. The van der Waals surface area contributed by atoms with E-state index in [4.69, 9.17) is 0 Å². The number of hydrogen-bond donors (Lipinski definition) is 1. The van der Waals surface area contributed by atoms with Crippen LogP contribution in [0.1, 0.15) is 39.3 Å². The summed E-state index contributed by atoms with van der Waals surface area (Å²) in [6.45, 7) is 7.17. The number of carbonyl (C=O) groups excluding carboxylic acids is 1. The average Bonchev–Trinajstić information content (AvgIpc) is 2.98. The summed E-state index contributed by atoms with van der Waals surface area (Å²) < 4.78 is 2.26. The van der Waals surface area contributed by atoms with Gasteiger partial charge in [0.25, 0.3) is 5.91 Å². The number of rotatable bonds is 2. The normalized spacial score (nSPS) is 13.3. The second-order valence-electron chi connectivity index (χ2n) is 5.62. The van der Waals surface area contributed by atoms with E-state index in [1.54, 1.807) is 0 Å². The number of hydrogen-bond acceptors (Lipinski definition) is 1. The Morgan fingerprint density at radius 2 is 1.90 bits per heavy atom. The fourth-order valence-electron chi connectivity index (χ4n) is 3.10. The molecule has 1 aromatic carbocycles. The van der Waals surface area contributed by atoms with E-state index in [0.29, 0.717) is 0 Å². The average molecular weight is 268 g/mol. The number of nitrogens with one attached hydrogen (secondary N) is 1. The first kappa shape index (κ1) is 13.0. The molecule has 20 heavy (non-hydrogen) atoms. The fraction of sp³-hybridized carbons (Fsp3) is 0.353. The van der Waals surface area contributed by atoms with Crippen LogP contribution in [0.5, 0.6) is 0 Å². The molecule has 0 fully saturated rings. The van der Waals surface area contributed by atoms with E-state index in [1.807, 2.05) is 38.1 Å². The van der Waals surface area contributed by atoms with Crippen LogP contribution < -0.4 is 5.32 Å². The number of nitrogens with zero attached hydrogens (tertiary/aromatic N) is 1. The molecule has 1 aromatic heterocycles. The zero-order valence-corrected chi connectivity index (χ0v) is 12.3. The molecule has 1 aliphatic heterocycles. The van der Waals surface area contributed by atoms with Crippen LogP contribution in [0, 0.1) is 20.8 Å². The van der Waals surface area contributed by atoms with Gasteiger partial charge in [-0.3, -0.25) is 4.79 Å². The monoisotopic (exact) mass is 268 g/mol. The Labute approximate surface area is 119 Å². The molecule has 1 aliphatic rings. The van der Waals surface area contributed by atoms with E-state index in [0.717, 1.165) is 41.8 Å². The SMILES string of the molecule is Cc1cccc(C)c1NC(=O)c1cc(C)n2c1CCC2. The predicted molar refractivity (Wildman–Crippen MR) is 81.4 cm³/mol. The maximum Gasteiger partial charge on any atom is 0.257 e. The molecule has 0 unspecified atom stereocenters. The minimum Gasteiger partial charge on any atom is -0.348 e. The second kappa shape index (κ2) is 4.82. The molecule has 0 saturated heterocycles. The van der Waals surface area contributed by atoms with Gasteiger partial charge >= 0.3 is 0 Å². The molecule has 0 aliphatic carbocycles. The number of carbonyl (C=O) groups is 1. The third-order valence-corrected chi connectivity index (χ3v) is 4.18. The Bertz CT molecular complexity index is 662. The van der Waals surface area contributed by atoms with Crippen molar-refractivity contribution in [3.8, 4) is 0 Å². The highest BCUT2D eigenvalue weighted by atomic mass is 16.1. The predicted octanol–water partition coefficient (Wildman–Crippen LogP) is 3.61. The Hall–Kier alpha value is -2.03. The lowest BCUT2D eigenvalue weighted by Crippen LogP contribution is -2.14. The van der Waals surface area contributed by atoms with Gasteiger partial charge in [0.2, 0.25) is 0 Å². The van der Waals surface area contributed by atoms with E-state index in [2.05, 4.69) is 16.8 Å². The van der Waals surface area contributed by atoms with Crippen molar-refractivity contribution in [2.75, 3.05) is 5.32 Å². The van der Waals surface area contributed by atoms with Gasteiger partial charge in [-0.2, -0.15) is 0 Å². The van der Waals surface area contributed by atoms with Gasteiger partial charge in [-0.1, -0.05) is 18.2 Å². The van der Waals surface area contributed by atoms with Gasteiger partial charge in [0.1, 0.15) is 0 Å². The number of amides is 1. The molecule has 1 amide bonds. The van der Waals surface area contributed by atoms with Gasteiger partial charge in [-0.15, -0.1) is 0 Å². The highest BCUT2D eigenvalue weighted by Crippen LogP contribution is 2.26. The summed E-state index contributed by atoms with van der Waals surface area (Å²) in [6, 6.07) is 8.08. The van der Waals surface area contributed by atoms with E-state index in [9.17, 15) is 4.79 Å². The molecule has 1 N–H and O–H groups in total. The zero-order valence-electron chi connectivity index (χ0n) is 12.3. The minimum atomic E-state index is 0.0150. The standard InChI is InChI=1S/C17H20N2O/c1-11-6-4-7-12(2)16(11)18-17(20)14-10-13(3)19-9-5-8-15(14)19/h4,6-7,10H,5,8-9H2,1-3H3,(H,18,20). The molecule has 0 saturated carbocycles. The highest BCUT2D eigenvalue weighted by Gasteiger charge is 2.22. The topological polar surface area (TPSA) is 34.0 Å². The molecule has 2 heterocycles. The molecule has 0 spiro atoms. The molecule has 3 heteroatoms. The molecular formula is C17H20N2O. The van der Waals surface area contributed by atoms with E-state index >= 15 is 0 Å². The van der Waals surface area contributed by atoms with Crippen molar-refractivity contribution >= 4 is 11.6 Å². The van der Waals surface area contributed by atoms with Crippen molar-refractivity contribution in [2.24, 2.45) is 0 Å². The van der Waals surface area contributed by atoms with Crippen molar-refractivity contribution in [1.82, 2.24) is 4.57 Å². The lowest BCUT2D eigenvalue weighted by atomic mass is 10.1. The van der Waals surface area contributed by atoms with Crippen LogP contribution in [0.4, 0.5) is 5.69 Å². The molecule has 104 valence electrons. The summed E-state index contributed by atoms with van der Waals surface area (Å²) in [6.07, 6.45) is 2.14. The summed E-state index contributed by atoms with van der Waals surface area (Å²) in [5, 5.41) is 3.09. The number of benzene rings is 1. The minimum absolute atomic E-state index is 0.0150.